The first-order valence-corrected chi connectivity index (χ1v) is 4.35. The summed E-state index contributed by atoms with van der Waals surface area (Å²) in [5.41, 5.74) is 0.919. The van der Waals surface area contributed by atoms with E-state index in [1.807, 2.05) is 26.0 Å². The number of halogens is 1. The Labute approximate surface area is 78.2 Å². The Hall–Kier alpha value is -0.890. The van der Waals surface area contributed by atoms with Gasteiger partial charge in [-0.15, -0.1) is 0 Å². The van der Waals surface area contributed by atoms with E-state index in [-0.39, 0.29) is 0 Å². The third-order valence-electron chi connectivity index (χ3n) is 2.46. The van der Waals surface area contributed by atoms with E-state index in [4.69, 9.17) is 5.11 Å². The number of aryl methyl sites for hydroxylation is 1. The van der Waals surface area contributed by atoms with Crippen LogP contribution in [0.25, 0.3) is 0 Å². The highest BCUT2D eigenvalue weighted by Crippen LogP contribution is 2.28. The lowest BCUT2D eigenvalue weighted by atomic mass is 9.92. The summed E-state index contributed by atoms with van der Waals surface area (Å²) in [5, 5.41) is 8.89. The fourth-order valence-electron chi connectivity index (χ4n) is 1.40. The van der Waals surface area contributed by atoms with E-state index < -0.39 is 12.3 Å². The molecule has 1 aromatic carbocycles. The smallest absolute Gasteiger partial charge is 0.156 e. The average molecular weight is 182 g/mol. The lowest BCUT2D eigenvalue weighted by Gasteiger charge is -2.21. The molecule has 1 nitrogen and oxygen atoms in total. The van der Waals surface area contributed by atoms with Gasteiger partial charge in [0, 0.05) is 0 Å². The molecule has 0 spiro atoms. The fraction of sp³-hybridized carbons (Fsp3) is 0.455. The predicted molar refractivity (Wildman–Crippen MR) is 51.5 cm³/mol. The quantitative estimate of drug-likeness (QED) is 0.745. The first-order chi connectivity index (χ1) is 5.99. The summed E-state index contributed by atoms with van der Waals surface area (Å²) in [6, 6.07) is 5.47. The Morgan fingerprint density at radius 2 is 2.00 bits per heavy atom. The van der Waals surface area contributed by atoms with E-state index in [2.05, 4.69) is 0 Å². The summed E-state index contributed by atoms with van der Waals surface area (Å²) >= 11 is 0. The molecule has 0 saturated heterocycles. The number of hydrogen-bond donors (Lipinski definition) is 1. The molecule has 0 heterocycles. The highest BCUT2D eigenvalue weighted by molar-refractivity contribution is 5.36. The first-order valence-electron chi connectivity index (χ1n) is 4.35. The van der Waals surface area contributed by atoms with Gasteiger partial charge < -0.3 is 5.11 Å². The molecule has 2 heteroatoms. The van der Waals surface area contributed by atoms with Crippen molar-refractivity contribution < 1.29 is 9.50 Å². The van der Waals surface area contributed by atoms with Gasteiger partial charge in [0.25, 0.3) is 0 Å². The van der Waals surface area contributed by atoms with Crippen LogP contribution < -0.4 is 0 Å². The molecule has 0 aliphatic rings. The Balaban J connectivity index is 3.22. The Kier molecular flexibility index (Phi) is 2.71. The van der Waals surface area contributed by atoms with Crippen LogP contribution in [0.1, 0.15) is 23.6 Å². The molecule has 0 radical (unpaired) electrons. The molecule has 0 bridgehead atoms. The van der Waals surface area contributed by atoms with Crippen LogP contribution in [-0.2, 0) is 5.67 Å². The second-order valence-electron chi connectivity index (χ2n) is 3.60. The fourth-order valence-corrected chi connectivity index (χ4v) is 1.40. The van der Waals surface area contributed by atoms with E-state index in [1.165, 1.54) is 6.92 Å². The van der Waals surface area contributed by atoms with Crippen molar-refractivity contribution in [2.75, 3.05) is 6.61 Å². The van der Waals surface area contributed by atoms with Gasteiger partial charge in [0.2, 0.25) is 0 Å². The molecule has 1 atom stereocenters. The molecule has 0 saturated carbocycles. The molecule has 0 fully saturated rings. The Morgan fingerprint density at radius 1 is 1.38 bits per heavy atom. The average Bonchev–Trinajstić information content (AvgIpc) is 2.09. The summed E-state index contributed by atoms with van der Waals surface area (Å²) in [6.45, 7) is 4.73. The molecule has 13 heavy (non-hydrogen) atoms. The number of aliphatic hydroxyl groups is 1. The minimum atomic E-state index is -1.63. The third-order valence-corrected chi connectivity index (χ3v) is 2.46. The lowest BCUT2D eigenvalue weighted by molar-refractivity contribution is 0.0861. The maximum Gasteiger partial charge on any atom is 0.156 e. The normalized spacial score (nSPS) is 15.5. The third kappa shape index (κ3) is 1.89. The van der Waals surface area contributed by atoms with Crippen molar-refractivity contribution in [1.29, 1.82) is 0 Å². The minimum Gasteiger partial charge on any atom is -0.393 e. The topological polar surface area (TPSA) is 20.2 Å². The van der Waals surface area contributed by atoms with Crippen LogP contribution in [0.3, 0.4) is 0 Å². The number of hydrogen-bond acceptors (Lipinski definition) is 1. The van der Waals surface area contributed by atoms with Gasteiger partial charge in [0.15, 0.2) is 5.67 Å². The second kappa shape index (κ2) is 3.46. The summed E-state index contributed by atoms with van der Waals surface area (Å²) in [4.78, 5) is 0. The molecule has 1 unspecified atom stereocenters. The maximum absolute atomic E-state index is 13.7. The van der Waals surface area contributed by atoms with Crippen molar-refractivity contribution in [3.63, 3.8) is 0 Å². The van der Waals surface area contributed by atoms with E-state index in [9.17, 15) is 4.39 Å². The van der Waals surface area contributed by atoms with Gasteiger partial charge in [-0.2, -0.15) is 0 Å². The molecular formula is C11H15FO. The van der Waals surface area contributed by atoms with Crippen LogP contribution in [0.15, 0.2) is 18.2 Å². The van der Waals surface area contributed by atoms with E-state index in [1.54, 1.807) is 6.07 Å². The van der Waals surface area contributed by atoms with Crippen molar-refractivity contribution in [3.05, 3.63) is 34.9 Å². The van der Waals surface area contributed by atoms with Crippen molar-refractivity contribution in [3.8, 4) is 0 Å². The highest BCUT2D eigenvalue weighted by atomic mass is 19.1. The van der Waals surface area contributed by atoms with Gasteiger partial charge in [-0.05, 0) is 37.5 Å². The molecular weight excluding hydrogens is 167 g/mol. The van der Waals surface area contributed by atoms with Crippen LogP contribution in [-0.4, -0.2) is 11.7 Å². The number of benzene rings is 1. The van der Waals surface area contributed by atoms with Gasteiger partial charge in [0.05, 0.1) is 6.61 Å². The number of alkyl halides is 1. The van der Waals surface area contributed by atoms with E-state index in [0.29, 0.717) is 5.56 Å². The molecule has 0 aliphatic carbocycles. The van der Waals surface area contributed by atoms with Crippen LogP contribution >= 0.6 is 0 Å². The SMILES string of the molecule is Cc1cccc(C(C)(F)CO)c1C. The number of rotatable bonds is 2. The van der Waals surface area contributed by atoms with Crippen molar-refractivity contribution >= 4 is 0 Å². The molecule has 1 aromatic rings. The summed E-state index contributed by atoms with van der Waals surface area (Å²) in [6.07, 6.45) is 0. The maximum atomic E-state index is 13.7. The van der Waals surface area contributed by atoms with E-state index in [0.717, 1.165) is 11.1 Å². The zero-order valence-corrected chi connectivity index (χ0v) is 8.26. The van der Waals surface area contributed by atoms with Gasteiger partial charge in [0.1, 0.15) is 0 Å². The van der Waals surface area contributed by atoms with Crippen LogP contribution in [0, 0.1) is 13.8 Å². The molecule has 1 N–H and O–H groups in total. The van der Waals surface area contributed by atoms with E-state index >= 15 is 0 Å². The van der Waals surface area contributed by atoms with Gasteiger partial charge >= 0.3 is 0 Å². The largest absolute Gasteiger partial charge is 0.393 e. The predicted octanol–water partition coefficient (Wildman–Crippen LogP) is 2.48. The van der Waals surface area contributed by atoms with Crippen LogP contribution in [0.4, 0.5) is 4.39 Å². The zero-order chi connectivity index (χ0) is 10.1. The zero-order valence-electron chi connectivity index (χ0n) is 8.26. The van der Waals surface area contributed by atoms with Gasteiger partial charge in [-0.25, -0.2) is 4.39 Å². The highest BCUT2D eigenvalue weighted by Gasteiger charge is 2.26. The Morgan fingerprint density at radius 3 is 2.54 bits per heavy atom. The minimum absolute atomic E-state index is 0.475. The molecule has 1 rings (SSSR count). The molecule has 0 amide bonds. The summed E-state index contributed by atoms with van der Waals surface area (Å²) in [5.74, 6) is 0. The molecule has 0 aromatic heterocycles. The number of aliphatic hydroxyl groups excluding tert-OH is 1. The van der Waals surface area contributed by atoms with Crippen LogP contribution in [0.5, 0.6) is 0 Å². The Bertz CT molecular complexity index is 305. The van der Waals surface area contributed by atoms with Crippen molar-refractivity contribution in [1.82, 2.24) is 0 Å². The summed E-state index contributed by atoms with van der Waals surface area (Å²) in [7, 11) is 0. The molecule has 72 valence electrons. The van der Waals surface area contributed by atoms with Crippen molar-refractivity contribution in [2.24, 2.45) is 0 Å². The van der Waals surface area contributed by atoms with Crippen LogP contribution in [0.2, 0.25) is 0 Å². The van der Waals surface area contributed by atoms with Crippen molar-refractivity contribution in [2.45, 2.75) is 26.4 Å². The monoisotopic (exact) mass is 182 g/mol. The van der Waals surface area contributed by atoms with Gasteiger partial charge in [-0.1, -0.05) is 18.2 Å². The standard InChI is InChI=1S/C11H15FO/c1-8-5-4-6-10(9(8)2)11(3,12)7-13/h4-6,13H,7H2,1-3H3. The summed E-state index contributed by atoms with van der Waals surface area (Å²) < 4.78 is 13.7. The molecule has 0 aliphatic heterocycles. The first kappa shape index (κ1) is 10.2. The van der Waals surface area contributed by atoms with Gasteiger partial charge in [-0.3, -0.25) is 0 Å². The lowest BCUT2D eigenvalue weighted by Crippen LogP contribution is -2.21. The second-order valence-corrected chi connectivity index (χ2v) is 3.60.